The molecule has 0 saturated heterocycles. The lowest BCUT2D eigenvalue weighted by atomic mass is 10.1. The molecule has 0 amide bonds. The van der Waals surface area contributed by atoms with Crippen molar-refractivity contribution in [1.29, 1.82) is 0 Å². The lowest BCUT2D eigenvalue weighted by Gasteiger charge is -2.07. The topological polar surface area (TPSA) is 124 Å². The third-order valence-electron chi connectivity index (χ3n) is 2.11. The number of aliphatic carboxylic acids is 2. The first-order chi connectivity index (χ1) is 10.5. The second kappa shape index (κ2) is 11.9. The Morgan fingerprint density at radius 1 is 1.00 bits per heavy atom. The fraction of sp³-hybridized carbons (Fsp3) is 0.375. The van der Waals surface area contributed by atoms with Crippen molar-refractivity contribution in [2.24, 2.45) is 0 Å². The van der Waals surface area contributed by atoms with Crippen LogP contribution in [0, 0.1) is 0 Å². The standard InChI is InChI=1S/C12H16O3.2C2H4O2/c1-8(2)4-5-9-6-11(14)12(15-3)7-10(9)13;2*1-2(3)4/h4,6-7,13-14H,5H2,1-3H3;2*1H3,(H,3,4). The van der Waals surface area contributed by atoms with Crippen molar-refractivity contribution in [2.75, 3.05) is 7.11 Å². The van der Waals surface area contributed by atoms with Gasteiger partial charge in [0.25, 0.3) is 11.9 Å². The van der Waals surface area contributed by atoms with Gasteiger partial charge in [0, 0.05) is 25.5 Å². The van der Waals surface area contributed by atoms with Crippen LogP contribution in [0.15, 0.2) is 23.8 Å². The fourth-order valence-electron chi connectivity index (χ4n) is 1.24. The summed E-state index contributed by atoms with van der Waals surface area (Å²) in [7, 11) is 1.45. The summed E-state index contributed by atoms with van der Waals surface area (Å²) in [5, 5.41) is 34.0. The van der Waals surface area contributed by atoms with E-state index in [1.54, 1.807) is 0 Å². The van der Waals surface area contributed by atoms with Crippen LogP contribution in [0.2, 0.25) is 0 Å². The summed E-state index contributed by atoms with van der Waals surface area (Å²) in [5.74, 6) is -1.19. The van der Waals surface area contributed by atoms with E-state index in [0.29, 0.717) is 12.0 Å². The van der Waals surface area contributed by atoms with Gasteiger partial charge in [-0.15, -0.1) is 0 Å². The van der Waals surface area contributed by atoms with E-state index in [2.05, 4.69) is 0 Å². The number of carbonyl (C=O) groups is 2. The molecule has 1 rings (SSSR count). The van der Waals surface area contributed by atoms with Crippen LogP contribution in [-0.4, -0.2) is 39.5 Å². The van der Waals surface area contributed by atoms with Crippen LogP contribution in [0.1, 0.15) is 33.3 Å². The fourth-order valence-corrected chi connectivity index (χ4v) is 1.24. The van der Waals surface area contributed by atoms with Crippen LogP contribution >= 0.6 is 0 Å². The number of hydrogen-bond acceptors (Lipinski definition) is 5. The Hall–Kier alpha value is -2.70. The molecule has 23 heavy (non-hydrogen) atoms. The van der Waals surface area contributed by atoms with Gasteiger partial charge in [-0.05, 0) is 26.3 Å². The molecule has 0 bridgehead atoms. The number of ether oxygens (including phenoxy) is 1. The van der Waals surface area contributed by atoms with Gasteiger partial charge in [0.15, 0.2) is 11.5 Å². The molecule has 0 fully saturated rings. The van der Waals surface area contributed by atoms with Crippen LogP contribution in [0.4, 0.5) is 0 Å². The molecule has 0 spiro atoms. The molecule has 0 radical (unpaired) electrons. The monoisotopic (exact) mass is 328 g/mol. The first-order valence-electron chi connectivity index (χ1n) is 6.62. The molecular weight excluding hydrogens is 304 g/mol. The van der Waals surface area contributed by atoms with Gasteiger partial charge in [-0.2, -0.15) is 0 Å². The number of carboxylic acids is 2. The third kappa shape index (κ3) is 14.0. The Balaban J connectivity index is 0. The Morgan fingerprint density at radius 3 is 1.78 bits per heavy atom. The molecule has 0 saturated carbocycles. The highest BCUT2D eigenvalue weighted by molar-refractivity contribution is 5.63. The Morgan fingerprint density at radius 2 is 1.43 bits per heavy atom. The van der Waals surface area contributed by atoms with Crippen molar-refractivity contribution in [1.82, 2.24) is 0 Å². The van der Waals surface area contributed by atoms with E-state index in [9.17, 15) is 10.2 Å². The van der Waals surface area contributed by atoms with Crippen molar-refractivity contribution in [3.63, 3.8) is 0 Å². The number of allylic oxidation sites excluding steroid dienone is 2. The maximum atomic E-state index is 9.64. The number of hydrogen-bond donors (Lipinski definition) is 4. The van der Waals surface area contributed by atoms with E-state index >= 15 is 0 Å². The zero-order chi connectivity index (χ0) is 18.6. The van der Waals surface area contributed by atoms with Gasteiger partial charge >= 0.3 is 0 Å². The molecule has 0 aromatic heterocycles. The molecule has 0 unspecified atom stereocenters. The molecular formula is C16H24O7. The summed E-state index contributed by atoms with van der Waals surface area (Å²) >= 11 is 0. The van der Waals surface area contributed by atoms with Crippen LogP contribution in [0.3, 0.4) is 0 Å². The molecule has 130 valence electrons. The van der Waals surface area contributed by atoms with Gasteiger partial charge in [-0.3, -0.25) is 9.59 Å². The molecule has 7 heteroatoms. The largest absolute Gasteiger partial charge is 0.508 e. The number of phenolic OH excluding ortho intramolecular Hbond substituents is 2. The Kier molecular flexibility index (Phi) is 11.7. The second-order valence-corrected chi connectivity index (χ2v) is 4.68. The highest BCUT2D eigenvalue weighted by atomic mass is 16.5. The minimum absolute atomic E-state index is 0.0486. The minimum Gasteiger partial charge on any atom is -0.508 e. The maximum Gasteiger partial charge on any atom is 0.300 e. The predicted molar refractivity (Wildman–Crippen MR) is 86.1 cm³/mol. The zero-order valence-electron chi connectivity index (χ0n) is 14.0. The van der Waals surface area contributed by atoms with Crippen LogP contribution in [-0.2, 0) is 16.0 Å². The highest BCUT2D eigenvalue weighted by Crippen LogP contribution is 2.33. The van der Waals surface area contributed by atoms with E-state index < -0.39 is 11.9 Å². The van der Waals surface area contributed by atoms with Crippen molar-refractivity contribution in [3.05, 3.63) is 29.3 Å². The molecule has 0 heterocycles. The smallest absolute Gasteiger partial charge is 0.300 e. The summed E-state index contributed by atoms with van der Waals surface area (Å²) in [5.41, 5.74) is 1.86. The molecule has 0 atom stereocenters. The minimum atomic E-state index is -0.833. The van der Waals surface area contributed by atoms with Gasteiger partial charge < -0.3 is 25.2 Å². The first kappa shape index (κ1) is 22.6. The Labute approximate surface area is 135 Å². The highest BCUT2D eigenvalue weighted by Gasteiger charge is 2.07. The lowest BCUT2D eigenvalue weighted by Crippen LogP contribution is -1.88. The van der Waals surface area contributed by atoms with Crippen LogP contribution in [0.25, 0.3) is 0 Å². The summed E-state index contributed by atoms with van der Waals surface area (Å²) in [4.78, 5) is 18.0. The third-order valence-corrected chi connectivity index (χ3v) is 2.11. The van der Waals surface area contributed by atoms with E-state index in [-0.39, 0.29) is 17.2 Å². The van der Waals surface area contributed by atoms with Crippen molar-refractivity contribution in [3.8, 4) is 17.2 Å². The van der Waals surface area contributed by atoms with E-state index in [0.717, 1.165) is 13.8 Å². The number of aromatic hydroxyl groups is 2. The van der Waals surface area contributed by atoms with Gasteiger partial charge in [-0.25, -0.2) is 0 Å². The van der Waals surface area contributed by atoms with Crippen molar-refractivity contribution in [2.45, 2.75) is 34.1 Å². The summed E-state index contributed by atoms with van der Waals surface area (Å²) in [6.45, 7) is 6.14. The van der Waals surface area contributed by atoms with Crippen LogP contribution < -0.4 is 4.74 Å². The van der Waals surface area contributed by atoms with E-state index in [1.807, 2.05) is 19.9 Å². The number of benzene rings is 1. The van der Waals surface area contributed by atoms with E-state index in [4.69, 9.17) is 24.5 Å². The molecule has 4 N–H and O–H groups in total. The summed E-state index contributed by atoms with van der Waals surface area (Å²) in [6.07, 6.45) is 2.59. The molecule has 0 aliphatic rings. The molecule has 0 aliphatic carbocycles. The van der Waals surface area contributed by atoms with E-state index in [1.165, 1.54) is 24.8 Å². The number of methoxy groups -OCH3 is 1. The predicted octanol–water partition coefficient (Wildman–Crippen LogP) is 2.80. The van der Waals surface area contributed by atoms with Crippen molar-refractivity contribution < 1.29 is 34.8 Å². The van der Waals surface area contributed by atoms with Gasteiger partial charge in [0.05, 0.1) is 7.11 Å². The van der Waals surface area contributed by atoms with Crippen LogP contribution in [0.5, 0.6) is 17.2 Å². The Bertz CT molecular complexity index is 524. The molecule has 1 aromatic rings. The number of rotatable bonds is 3. The maximum absolute atomic E-state index is 9.64. The van der Waals surface area contributed by atoms with Crippen molar-refractivity contribution >= 4 is 11.9 Å². The van der Waals surface area contributed by atoms with Gasteiger partial charge in [0.2, 0.25) is 0 Å². The molecule has 0 aliphatic heterocycles. The molecule has 1 aromatic carbocycles. The zero-order valence-corrected chi connectivity index (χ0v) is 14.0. The average Bonchev–Trinajstić information content (AvgIpc) is 2.37. The quantitative estimate of drug-likeness (QED) is 0.496. The summed E-state index contributed by atoms with van der Waals surface area (Å²) < 4.78 is 4.88. The first-order valence-corrected chi connectivity index (χ1v) is 6.62. The second-order valence-electron chi connectivity index (χ2n) is 4.68. The van der Waals surface area contributed by atoms with Gasteiger partial charge in [-0.1, -0.05) is 11.6 Å². The number of phenols is 2. The summed E-state index contributed by atoms with van der Waals surface area (Å²) in [6, 6.07) is 2.94. The number of carboxylic acid groups (broad SMARTS) is 2. The average molecular weight is 328 g/mol. The normalized spacial score (nSPS) is 8.57. The van der Waals surface area contributed by atoms with Gasteiger partial charge in [0.1, 0.15) is 5.75 Å². The lowest BCUT2D eigenvalue weighted by molar-refractivity contribution is -0.135. The SMILES string of the molecule is CC(=O)O.CC(=O)O.COc1cc(O)c(CC=C(C)C)cc1O. The molecule has 7 nitrogen and oxygen atoms in total.